The lowest BCUT2D eigenvalue weighted by atomic mass is 10.0. The molecule has 2 amide bonds. The second-order valence-electron chi connectivity index (χ2n) is 8.26. The zero-order chi connectivity index (χ0) is 22.8. The van der Waals surface area contributed by atoms with Gasteiger partial charge in [-0.05, 0) is 35.4 Å². The van der Waals surface area contributed by atoms with E-state index in [-0.39, 0.29) is 24.2 Å². The second-order valence-corrected chi connectivity index (χ2v) is 8.26. The van der Waals surface area contributed by atoms with Gasteiger partial charge in [0.05, 0.1) is 18.4 Å². The van der Waals surface area contributed by atoms with E-state index in [1.165, 1.54) is 28.9 Å². The first kappa shape index (κ1) is 21.2. The molecule has 2 aliphatic rings. The number of halogens is 1. The average molecular weight is 445 g/mol. The van der Waals surface area contributed by atoms with Crippen LogP contribution in [0.2, 0.25) is 0 Å². The molecule has 0 bridgehead atoms. The maximum absolute atomic E-state index is 13.5. The normalized spacial score (nSPS) is 17.4. The van der Waals surface area contributed by atoms with Gasteiger partial charge < -0.3 is 9.32 Å². The van der Waals surface area contributed by atoms with Gasteiger partial charge in [0.25, 0.3) is 11.8 Å². The Morgan fingerprint density at radius 2 is 1.52 bits per heavy atom. The topological polar surface area (TPSA) is 57.0 Å². The third-order valence-electron chi connectivity index (χ3n) is 6.11. The highest BCUT2D eigenvalue weighted by Gasteiger charge is 2.42. The lowest BCUT2D eigenvalue weighted by Crippen LogP contribution is -2.47. The van der Waals surface area contributed by atoms with Crippen molar-refractivity contribution >= 4 is 17.4 Å². The average Bonchev–Trinajstić information content (AvgIpc) is 3.43. The molecule has 0 radical (unpaired) electrons. The Morgan fingerprint density at radius 1 is 0.788 bits per heavy atom. The molecule has 7 heteroatoms. The van der Waals surface area contributed by atoms with Crippen LogP contribution in [0, 0.1) is 5.82 Å². The van der Waals surface area contributed by atoms with Gasteiger partial charge >= 0.3 is 0 Å². The van der Waals surface area contributed by atoms with Crippen LogP contribution in [-0.4, -0.2) is 52.7 Å². The fourth-order valence-corrected chi connectivity index (χ4v) is 4.41. The van der Waals surface area contributed by atoms with Gasteiger partial charge in [-0.2, -0.15) is 0 Å². The molecule has 0 saturated carbocycles. The summed E-state index contributed by atoms with van der Waals surface area (Å²) in [5, 5.41) is 0. The van der Waals surface area contributed by atoms with Crippen molar-refractivity contribution in [2.45, 2.75) is 13.1 Å². The summed E-state index contributed by atoms with van der Waals surface area (Å²) in [6.45, 7) is 3.70. The number of carbonyl (C=O) groups excluding carboxylic acids is 2. The molecule has 0 spiro atoms. The molecule has 1 saturated heterocycles. The second kappa shape index (κ2) is 9.03. The molecule has 2 aliphatic heterocycles. The predicted octanol–water partition coefficient (Wildman–Crippen LogP) is 3.52. The Bertz CT molecular complexity index is 1170. The summed E-state index contributed by atoms with van der Waals surface area (Å²) >= 11 is 0. The fourth-order valence-electron chi connectivity index (χ4n) is 4.41. The van der Waals surface area contributed by atoms with Crippen LogP contribution in [0.25, 0.3) is 5.57 Å². The van der Waals surface area contributed by atoms with E-state index >= 15 is 0 Å². The first-order chi connectivity index (χ1) is 16.1. The molecular weight excluding hydrogens is 421 g/mol. The number of rotatable bonds is 6. The molecule has 2 aromatic carbocycles. The standard InChI is InChI=1S/C26H24FN3O3/c27-21-10-8-20(9-11-21)23-24(26(32)30(25(23)31)18-22-7-4-16-33-22)29-14-12-28(13-15-29)17-19-5-2-1-3-6-19/h1-11,16H,12-15,17-18H2. The number of amides is 2. The molecule has 1 fully saturated rings. The van der Waals surface area contributed by atoms with E-state index in [4.69, 9.17) is 4.42 Å². The van der Waals surface area contributed by atoms with E-state index in [2.05, 4.69) is 17.0 Å². The Hall–Kier alpha value is -3.71. The van der Waals surface area contributed by atoms with Gasteiger partial charge in [-0.25, -0.2) is 4.39 Å². The predicted molar refractivity (Wildman–Crippen MR) is 121 cm³/mol. The van der Waals surface area contributed by atoms with E-state index in [1.807, 2.05) is 23.1 Å². The third-order valence-corrected chi connectivity index (χ3v) is 6.11. The fraction of sp³-hybridized carbons (Fsp3) is 0.231. The van der Waals surface area contributed by atoms with E-state index in [0.717, 1.165) is 19.6 Å². The molecule has 6 nitrogen and oxygen atoms in total. The number of hydrogen-bond acceptors (Lipinski definition) is 5. The van der Waals surface area contributed by atoms with Crippen molar-refractivity contribution in [2.24, 2.45) is 0 Å². The zero-order valence-electron chi connectivity index (χ0n) is 18.1. The quantitative estimate of drug-likeness (QED) is 0.544. The number of hydrogen-bond donors (Lipinski definition) is 0. The summed E-state index contributed by atoms with van der Waals surface area (Å²) in [5.41, 5.74) is 2.49. The highest BCUT2D eigenvalue weighted by molar-refractivity contribution is 6.35. The molecule has 1 aromatic heterocycles. The van der Waals surface area contributed by atoms with Crippen LogP contribution < -0.4 is 0 Å². The smallest absolute Gasteiger partial charge is 0.278 e. The largest absolute Gasteiger partial charge is 0.467 e. The molecule has 0 atom stereocenters. The lowest BCUT2D eigenvalue weighted by Gasteiger charge is -2.36. The summed E-state index contributed by atoms with van der Waals surface area (Å²) in [5.74, 6) is -0.583. The van der Waals surface area contributed by atoms with Crippen molar-refractivity contribution in [3.63, 3.8) is 0 Å². The Labute approximate surface area is 191 Å². The van der Waals surface area contributed by atoms with Crippen molar-refractivity contribution in [3.8, 4) is 0 Å². The first-order valence-corrected chi connectivity index (χ1v) is 11.0. The highest BCUT2D eigenvalue weighted by atomic mass is 19.1. The number of nitrogens with zero attached hydrogens (tertiary/aromatic N) is 3. The number of furan rings is 1. The van der Waals surface area contributed by atoms with Gasteiger partial charge in [0.2, 0.25) is 0 Å². The summed E-state index contributed by atoms with van der Waals surface area (Å²) in [7, 11) is 0. The molecule has 3 heterocycles. The Balaban J connectivity index is 1.40. The summed E-state index contributed by atoms with van der Waals surface area (Å²) in [4.78, 5) is 32.3. The Morgan fingerprint density at radius 3 is 2.18 bits per heavy atom. The SMILES string of the molecule is O=C1C(c2ccc(F)cc2)=C(N2CCN(Cc3ccccc3)CC2)C(=O)N1Cc1ccco1. The van der Waals surface area contributed by atoms with Crippen molar-refractivity contribution < 1.29 is 18.4 Å². The van der Waals surface area contributed by atoms with Crippen LogP contribution in [0.5, 0.6) is 0 Å². The molecular formula is C26H24FN3O3. The minimum Gasteiger partial charge on any atom is -0.467 e. The van der Waals surface area contributed by atoms with Gasteiger partial charge in [0.1, 0.15) is 17.3 Å². The molecule has 33 heavy (non-hydrogen) atoms. The van der Waals surface area contributed by atoms with E-state index in [1.54, 1.807) is 24.3 Å². The molecule has 0 N–H and O–H groups in total. The van der Waals surface area contributed by atoms with Crippen LogP contribution in [0.4, 0.5) is 4.39 Å². The van der Waals surface area contributed by atoms with Crippen molar-refractivity contribution in [2.75, 3.05) is 26.2 Å². The summed E-state index contributed by atoms with van der Waals surface area (Å²) in [6, 6.07) is 19.5. The zero-order valence-corrected chi connectivity index (χ0v) is 18.1. The van der Waals surface area contributed by atoms with Gasteiger partial charge in [-0.15, -0.1) is 0 Å². The number of benzene rings is 2. The number of piperazine rings is 1. The van der Waals surface area contributed by atoms with Crippen LogP contribution in [0.15, 0.2) is 83.1 Å². The van der Waals surface area contributed by atoms with Gasteiger partial charge in [-0.3, -0.25) is 19.4 Å². The van der Waals surface area contributed by atoms with Crippen molar-refractivity contribution in [1.29, 1.82) is 0 Å². The monoisotopic (exact) mass is 445 g/mol. The van der Waals surface area contributed by atoms with Crippen LogP contribution >= 0.6 is 0 Å². The summed E-state index contributed by atoms with van der Waals surface area (Å²) < 4.78 is 18.9. The maximum atomic E-state index is 13.5. The molecule has 3 aromatic rings. The Kier molecular flexibility index (Phi) is 5.79. The minimum absolute atomic E-state index is 0.0623. The lowest BCUT2D eigenvalue weighted by molar-refractivity contribution is -0.138. The van der Waals surface area contributed by atoms with Gasteiger partial charge in [-0.1, -0.05) is 42.5 Å². The van der Waals surface area contributed by atoms with Gasteiger partial charge in [0, 0.05) is 32.7 Å². The van der Waals surface area contributed by atoms with Gasteiger partial charge in [0.15, 0.2) is 0 Å². The molecule has 0 unspecified atom stereocenters. The highest BCUT2D eigenvalue weighted by Crippen LogP contribution is 2.33. The van der Waals surface area contributed by atoms with Crippen molar-refractivity contribution in [3.05, 3.63) is 101 Å². The third kappa shape index (κ3) is 4.32. The van der Waals surface area contributed by atoms with E-state index in [9.17, 15) is 14.0 Å². The van der Waals surface area contributed by atoms with E-state index in [0.29, 0.717) is 35.7 Å². The number of imide groups is 1. The van der Waals surface area contributed by atoms with Crippen LogP contribution in [0.3, 0.4) is 0 Å². The van der Waals surface area contributed by atoms with Crippen LogP contribution in [0.1, 0.15) is 16.9 Å². The van der Waals surface area contributed by atoms with Crippen molar-refractivity contribution in [1.82, 2.24) is 14.7 Å². The molecule has 168 valence electrons. The molecule has 0 aliphatic carbocycles. The van der Waals surface area contributed by atoms with Crippen LogP contribution in [-0.2, 0) is 22.7 Å². The summed E-state index contributed by atoms with van der Waals surface area (Å²) in [6.07, 6.45) is 1.52. The minimum atomic E-state index is -0.389. The maximum Gasteiger partial charge on any atom is 0.278 e. The first-order valence-electron chi connectivity index (χ1n) is 11.0. The van der Waals surface area contributed by atoms with E-state index < -0.39 is 0 Å². The number of carbonyl (C=O) groups is 2. The molecule has 5 rings (SSSR count).